The molecule has 128 valence electrons. The Bertz CT molecular complexity index is 1170. The van der Waals surface area contributed by atoms with E-state index in [1.807, 2.05) is 69.3 Å². The van der Waals surface area contributed by atoms with Gasteiger partial charge in [0.25, 0.3) is 0 Å². The molecule has 0 amide bonds. The third-order valence-electron chi connectivity index (χ3n) is 4.30. The van der Waals surface area contributed by atoms with Gasteiger partial charge in [-0.25, -0.2) is 15.0 Å². The number of aryl methyl sites for hydroxylation is 1. The van der Waals surface area contributed by atoms with Gasteiger partial charge in [0.2, 0.25) is 0 Å². The van der Waals surface area contributed by atoms with Crippen molar-refractivity contribution in [2.75, 3.05) is 0 Å². The van der Waals surface area contributed by atoms with Crippen LogP contribution in [-0.2, 0) is 0 Å². The van der Waals surface area contributed by atoms with E-state index in [4.69, 9.17) is 4.42 Å². The van der Waals surface area contributed by atoms with Crippen LogP contribution in [0.25, 0.3) is 38.9 Å². The van der Waals surface area contributed by atoms with Gasteiger partial charge in [-0.3, -0.25) is 0 Å². The second-order valence-electron chi connectivity index (χ2n) is 6.08. The second-order valence-corrected chi connectivity index (χ2v) is 6.08. The number of fused-ring (bicyclic) bond motifs is 3. The summed E-state index contributed by atoms with van der Waals surface area (Å²) in [4.78, 5) is 13.7. The van der Waals surface area contributed by atoms with Crippen LogP contribution in [0, 0.1) is 6.92 Å². The van der Waals surface area contributed by atoms with Gasteiger partial charge >= 0.3 is 0 Å². The molecule has 0 aliphatic heterocycles. The fourth-order valence-electron chi connectivity index (χ4n) is 3.08. The molecular formula is C22H19N3O. The quantitative estimate of drug-likeness (QED) is 0.447. The minimum absolute atomic E-state index is 0.652. The van der Waals surface area contributed by atoms with Crippen molar-refractivity contribution >= 4 is 27.5 Å². The predicted molar refractivity (Wildman–Crippen MR) is 106 cm³/mol. The van der Waals surface area contributed by atoms with Crippen molar-refractivity contribution in [3.63, 3.8) is 0 Å². The zero-order valence-electron chi connectivity index (χ0n) is 15.0. The maximum atomic E-state index is 5.99. The van der Waals surface area contributed by atoms with E-state index in [1.54, 1.807) is 0 Å². The summed E-state index contributed by atoms with van der Waals surface area (Å²) in [5.41, 5.74) is 3.61. The Morgan fingerprint density at radius 2 is 1.73 bits per heavy atom. The second kappa shape index (κ2) is 6.56. The number of nitrogens with zero attached hydrogens (tertiary/aromatic N) is 3. The lowest BCUT2D eigenvalue weighted by Crippen LogP contribution is -2.01. The molecular weight excluding hydrogens is 322 g/mol. The molecule has 2 heterocycles. The molecule has 0 spiro atoms. The van der Waals surface area contributed by atoms with Crippen LogP contribution >= 0.6 is 0 Å². The molecule has 4 nitrogen and oxygen atoms in total. The van der Waals surface area contributed by atoms with Gasteiger partial charge in [0.15, 0.2) is 11.6 Å². The van der Waals surface area contributed by atoms with Crippen LogP contribution in [0.15, 0.2) is 65.1 Å². The Morgan fingerprint density at radius 1 is 0.923 bits per heavy atom. The van der Waals surface area contributed by atoms with Crippen LogP contribution in [0.1, 0.15) is 25.5 Å². The molecule has 0 saturated heterocycles. The molecule has 0 aliphatic rings. The van der Waals surface area contributed by atoms with Gasteiger partial charge in [-0.1, -0.05) is 42.5 Å². The number of para-hydroxylation sites is 1. The predicted octanol–water partition coefficient (Wildman–Crippen LogP) is 5.73. The van der Waals surface area contributed by atoms with Crippen molar-refractivity contribution in [2.45, 2.75) is 20.8 Å². The van der Waals surface area contributed by atoms with Crippen LogP contribution in [0.3, 0.4) is 0 Å². The van der Waals surface area contributed by atoms with Crippen molar-refractivity contribution in [3.8, 4) is 11.4 Å². The highest BCUT2D eigenvalue weighted by molar-refractivity contribution is 6.05. The first kappa shape index (κ1) is 16.2. The van der Waals surface area contributed by atoms with Crippen molar-refractivity contribution in [1.29, 1.82) is 0 Å². The summed E-state index contributed by atoms with van der Waals surface area (Å²) >= 11 is 0. The monoisotopic (exact) mass is 341 g/mol. The van der Waals surface area contributed by atoms with Gasteiger partial charge in [-0.15, -0.1) is 0 Å². The number of hydrogen-bond acceptors (Lipinski definition) is 4. The molecule has 4 rings (SSSR count). The Labute approximate surface area is 151 Å². The number of allylic oxidation sites excluding steroid dienone is 4. The smallest absolute Gasteiger partial charge is 0.163 e. The number of furan rings is 1. The largest absolute Gasteiger partial charge is 0.456 e. The summed E-state index contributed by atoms with van der Waals surface area (Å²) in [6, 6.07) is 14.2. The lowest BCUT2D eigenvalue weighted by molar-refractivity contribution is 0.669. The van der Waals surface area contributed by atoms with E-state index in [0.29, 0.717) is 17.5 Å². The average molecular weight is 341 g/mol. The zero-order valence-corrected chi connectivity index (χ0v) is 15.0. The first-order chi connectivity index (χ1) is 12.7. The molecule has 0 saturated carbocycles. The maximum absolute atomic E-state index is 5.99. The van der Waals surface area contributed by atoms with Crippen molar-refractivity contribution in [1.82, 2.24) is 15.0 Å². The van der Waals surface area contributed by atoms with E-state index in [9.17, 15) is 0 Å². The molecule has 2 aromatic carbocycles. The normalized spacial score (nSPS) is 12.5. The summed E-state index contributed by atoms with van der Waals surface area (Å²) in [5, 5.41) is 2.21. The summed E-state index contributed by atoms with van der Waals surface area (Å²) in [5.74, 6) is 2.02. The molecule has 0 unspecified atom stereocenters. The third-order valence-corrected chi connectivity index (χ3v) is 4.30. The van der Waals surface area contributed by atoms with Crippen molar-refractivity contribution in [2.24, 2.45) is 0 Å². The highest BCUT2D eigenvalue weighted by Gasteiger charge is 2.12. The lowest BCUT2D eigenvalue weighted by atomic mass is 10.1. The lowest BCUT2D eigenvalue weighted by Gasteiger charge is -2.06. The molecule has 0 radical (unpaired) electrons. The van der Waals surface area contributed by atoms with E-state index in [-0.39, 0.29) is 0 Å². The minimum atomic E-state index is 0.652. The molecule has 0 aliphatic carbocycles. The molecule has 0 fully saturated rings. The van der Waals surface area contributed by atoms with E-state index in [1.165, 1.54) is 0 Å². The van der Waals surface area contributed by atoms with Gasteiger partial charge < -0.3 is 4.42 Å². The highest BCUT2D eigenvalue weighted by Crippen LogP contribution is 2.31. The summed E-state index contributed by atoms with van der Waals surface area (Å²) in [7, 11) is 0. The average Bonchev–Trinajstić information content (AvgIpc) is 3.03. The molecule has 4 heteroatoms. The van der Waals surface area contributed by atoms with E-state index in [2.05, 4.69) is 27.1 Å². The Balaban J connectivity index is 1.87. The van der Waals surface area contributed by atoms with E-state index in [0.717, 1.165) is 33.1 Å². The summed E-state index contributed by atoms with van der Waals surface area (Å²) < 4.78 is 5.99. The van der Waals surface area contributed by atoms with E-state index >= 15 is 0 Å². The van der Waals surface area contributed by atoms with Gasteiger partial charge in [0.05, 0.1) is 0 Å². The number of benzene rings is 2. The van der Waals surface area contributed by atoms with Crippen LogP contribution < -0.4 is 0 Å². The highest BCUT2D eigenvalue weighted by atomic mass is 16.3. The van der Waals surface area contributed by atoms with E-state index < -0.39 is 0 Å². The Hall–Kier alpha value is -3.27. The summed E-state index contributed by atoms with van der Waals surface area (Å²) in [6.45, 7) is 5.85. The van der Waals surface area contributed by atoms with Gasteiger partial charge in [-0.05, 0) is 39.0 Å². The van der Waals surface area contributed by atoms with Gasteiger partial charge in [0.1, 0.15) is 17.0 Å². The fourth-order valence-corrected chi connectivity index (χ4v) is 3.08. The first-order valence-electron chi connectivity index (χ1n) is 8.63. The van der Waals surface area contributed by atoms with Crippen LogP contribution in [0.4, 0.5) is 0 Å². The topological polar surface area (TPSA) is 51.8 Å². The molecule has 0 atom stereocenters. The molecule has 0 N–H and O–H groups in total. The van der Waals surface area contributed by atoms with Gasteiger partial charge in [0, 0.05) is 21.9 Å². The van der Waals surface area contributed by atoms with Crippen molar-refractivity contribution in [3.05, 3.63) is 72.3 Å². The fraction of sp³-hybridized carbons (Fsp3) is 0.136. The molecule has 4 aromatic rings. The number of aromatic nitrogens is 3. The minimum Gasteiger partial charge on any atom is -0.456 e. The Morgan fingerprint density at radius 3 is 2.54 bits per heavy atom. The number of hydrogen-bond donors (Lipinski definition) is 0. The maximum Gasteiger partial charge on any atom is 0.163 e. The first-order valence-corrected chi connectivity index (χ1v) is 8.63. The molecule has 0 bridgehead atoms. The Kier molecular flexibility index (Phi) is 4.09. The SMILES string of the molecule is C/C=C\C(=C/C)c1nc(C)nc(-c2ccc3c(c2)oc2ccccc23)n1. The van der Waals surface area contributed by atoms with Gasteiger partial charge in [-0.2, -0.15) is 0 Å². The number of rotatable bonds is 3. The molecule has 2 aromatic heterocycles. The third kappa shape index (κ3) is 2.80. The van der Waals surface area contributed by atoms with Crippen molar-refractivity contribution < 1.29 is 4.42 Å². The van der Waals surface area contributed by atoms with Crippen LogP contribution in [0.5, 0.6) is 0 Å². The van der Waals surface area contributed by atoms with Crippen LogP contribution in [0.2, 0.25) is 0 Å². The standard InChI is InChI=1S/C22H19N3O/c1-4-8-15(5-2)21-23-14(3)24-22(25-21)16-11-12-18-17-9-6-7-10-19(17)26-20(18)13-16/h4-13H,1-3H3/b8-4-,15-5+. The zero-order chi connectivity index (χ0) is 18.1. The molecule has 26 heavy (non-hydrogen) atoms. The van der Waals surface area contributed by atoms with Crippen LogP contribution in [-0.4, -0.2) is 15.0 Å². The summed E-state index contributed by atoms with van der Waals surface area (Å²) in [6.07, 6.45) is 5.98.